The van der Waals surface area contributed by atoms with Gasteiger partial charge in [-0.25, -0.2) is 0 Å². The molecule has 98 valence electrons. The summed E-state index contributed by atoms with van der Waals surface area (Å²) in [7, 11) is 0. The van der Waals surface area contributed by atoms with Crippen molar-refractivity contribution in [2.24, 2.45) is 5.92 Å². The second-order valence-corrected chi connectivity index (χ2v) is 5.25. The van der Waals surface area contributed by atoms with Gasteiger partial charge >= 0.3 is 0 Å². The molecular weight excluding hydrogens is 230 g/mol. The molecule has 0 N–H and O–H groups in total. The fraction of sp³-hybridized carbons (Fsp3) is 0.692. The summed E-state index contributed by atoms with van der Waals surface area (Å²) < 4.78 is 7.33. The van der Waals surface area contributed by atoms with Gasteiger partial charge in [-0.1, -0.05) is 0 Å². The fourth-order valence-electron chi connectivity index (χ4n) is 2.74. The highest BCUT2D eigenvalue weighted by atomic mass is 16.5. The van der Waals surface area contributed by atoms with Crippen LogP contribution in [0.4, 0.5) is 0 Å². The van der Waals surface area contributed by atoms with Crippen molar-refractivity contribution in [3.8, 4) is 0 Å². The van der Waals surface area contributed by atoms with E-state index in [2.05, 4.69) is 11.2 Å². The van der Waals surface area contributed by atoms with Crippen LogP contribution in [0.1, 0.15) is 24.2 Å². The van der Waals surface area contributed by atoms with Crippen LogP contribution in [0.15, 0.2) is 6.07 Å². The summed E-state index contributed by atoms with van der Waals surface area (Å²) in [5, 5.41) is 4.41. The van der Waals surface area contributed by atoms with E-state index in [1.54, 1.807) is 0 Å². The van der Waals surface area contributed by atoms with Crippen LogP contribution in [-0.2, 0) is 22.6 Å². The molecule has 1 saturated heterocycles. The first-order valence-electron chi connectivity index (χ1n) is 6.61. The first-order valence-corrected chi connectivity index (χ1v) is 6.61. The van der Waals surface area contributed by atoms with Crippen molar-refractivity contribution in [2.45, 2.75) is 32.9 Å². The van der Waals surface area contributed by atoms with Crippen molar-refractivity contribution < 1.29 is 9.53 Å². The largest absolute Gasteiger partial charge is 0.381 e. The number of carbonyl (C=O) groups is 1. The number of rotatable bonds is 2. The van der Waals surface area contributed by atoms with Crippen LogP contribution in [0.25, 0.3) is 0 Å². The van der Waals surface area contributed by atoms with Gasteiger partial charge in [0, 0.05) is 26.2 Å². The molecule has 5 heteroatoms. The Morgan fingerprint density at radius 3 is 3.22 bits per heavy atom. The highest BCUT2D eigenvalue weighted by Gasteiger charge is 2.25. The Balaban J connectivity index is 1.62. The fourth-order valence-corrected chi connectivity index (χ4v) is 2.74. The number of amides is 1. The normalized spacial score (nSPS) is 23.2. The van der Waals surface area contributed by atoms with E-state index in [1.807, 2.05) is 16.5 Å². The molecule has 5 nitrogen and oxygen atoms in total. The second-order valence-electron chi connectivity index (χ2n) is 5.25. The van der Waals surface area contributed by atoms with Crippen molar-refractivity contribution in [3.63, 3.8) is 0 Å². The number of carbonyl (C=O) groups excluding carboxylic acids is 1. The number of hydrogen-bond donors (Lipinski definition) is 0. The van der Waals surface area contributed by atoms with Crippen LogP contribution in [0.2, 0.25) is 0 Å². The zero-order valence-electron chi connectivity index (χ0n) is 10.8. The lowest BCUT2D eigenvalue weighted by atomic mass is 10.0. The van der Waals surface area contributed by atoms with Gasteiger partial charge in [-0.3, -0.25) is 9.48 Å². The van der Waals surface area contributed by atoms with Crippen molar-refractivity contribution in [3.05, 3.63) is 17.5 Å². The molecule has 0 saturated carbocycles. The molecule has 1 aromatic rings. The quantitative estimate of drug-likeness (QED) is 0.784. The first kappa shape index (κ1) is 11.7. The van der Waals surface area contributed by atoms with Gasteiger partial charge in [0.05, 0.1) is 24.5 Å². The Bertz CT molecular complexity index is 449. The van der Waals surface area contributed by atoms with Crippen molar-refractivity contribution in [1.82, 2.24) is 14.7 Å². The lowest BCUT2D eigenvalue weighted by molar-refractivity contribution is -0.133. The number of nitrogens with zero attached hydrogens (tertiary/aromatic N) is 3. The average molecular weight is 249 g/mol. The number of hydrogen-bond acceptors (Lipinski definition) is 3. The van der Waals surface area contributed by atoms with Crippen LogP contribution >= 0.6 is 0 Å². The third-order valence-corrected chi connectivity index (χ3v) is 3.76. The van der Waals surface area contributed by atoms with Crippen LogP contribution in [-0.4, -0.2) is 40.3 Å². The summed E-state index contributed by atoms with van der Waals surface area (Å²) in [6, 6.07) is 2.07. The highest BCUT2D eigenvalue weighted by Crippen LogP contribution is 2.20. The SMILES string of the molecule is Cc1cc2n(n1)CCN(C(=O)C[C@@H]1CCOC1)C2. The Morgan fingerprint density at radius 1 is 1.56 bits per heavy atom. The third kappa shape index (κ3) is 2.27. The third-order valence-electron chi connectivity index (χ3n) is 3.76. The van der Waals surface area contributed by atoms with E-state index in [0.717, 1.165) is 44.1 Å². The Kier molecular flexibility index (Phi) is 3.07. The predicted molar refractivity (Wildman–Crippen MR) is 65.9 cm³/mol. The van der Waals surface area contributed by atoms with Gasteiger partial charge in [-0.05, 0) is 25.3 Å². The monoisotopic (exact) mass is 249 g/mol. The number of aryl methyl sites for hydroxylation is 1. The van der Waals surface area contributed by atoms with Gasteiger partial charge in [-0.2, -0.15) is 5.10 Å². The molecule has 0 bridgehead atoms. The molecule has 2 aliphatic heterocycles. The van der Waals surface area contributed by atoms with Crippen molar-refractivity contribution in [1.29, 1.82) is 0 Å². The first-order chi connectivity index (χ1) is 8.72. The standard InChI is InChI=1S/C13H19N3O2/c1-10-6-12-8-15(3-4-16(12)14-10)13(17)7-11-2-5-18-9-11/h6,11H,2-5,7-9H2,1H3/t11-/m0/s1. The van der Waals surface area contributed by atoms with Crippen molar-refractivity contribution in [2.75, 3.05) is 19.8 Å². The lowest BCUT2D eigenvalue weighted by Gasteiger charge is -2.28. The van der Waals surface area contributed by atoms with Crippen LogP contribution < -0.4 is 0 Å². The number of ether oxygens (including phenoxy) is 1. The molecule has 1 atom stereocenters. The summed E-state index contributed by atoms with van der Waals surface area (Å²) in [5.74, 6) is 0.682. The minimum atomic E-state index is 0.260. The molecule has 0 aliphatic carbocycles. The van der Waals surface area contributed by atoms with E-state index in [-0.39, 0.29) is 5.91 Å². The summed E-state index contributed by atoms with van der Waals surface area (Å²) in [5.41, 5.74) is 2.18. The molecule has 2 aliphatic rings. The molecule has 3 heterocycles. The van der Waals surface area contributed by atoms with Crippen molar-refractivity contribution >= 4 is 5.91 Å². The predicted octanol–water partition coefficient (Wildman–Crippen LogP) is 0.960. The van der Waals surface area contributed by atoms with E-state index >= 15 is 0 Å². The van der Waals surface area contributed by atoms with Crippen LogP contribution in [0.5, 0.6) is 0 Å². The molecular formula is C13H19N3O2. The number of fused-ring (bicyclic) bond motifs is 1. The minimum Gasteiger partial charge on any atom is -0.381 e. The van der Waals surface area contributed by atoms with Gasteiger partial charge in [0.15, 0.2) is 0 Å². The molecule has 0 aromatic carbocycles. The maximum Gasteiger partial charge on any atom is 0.223 e. The van der Waals surface area contributed by atoms with Gasteiger partial charge < -0.3 is 9.64 Å². The van der Waals surface area contributed by atoms with Crippen LogP contribution in [0.3, 0.4) is 0 Å². The molecule has 1 aromatic heterocycles. The van der Waals surface area contributed by atoms with Gasteiger partial charge in [0.1, 0.15) is 0 Å². The van der Waals surface area contributed by atoms with Gasteiger partial charge in [-0.15, -0.1) is 0 Å². The van der Waals surface area contributed by atoms with E-state index in [9.17, 15) is 4.79 Å². The summed E-state index contributed by atoms with van der Waals surface area (Å²) >= 11 is 0. The molecule has 1 fully saturated rings. The molecule has 0 radical (unpaired) electrons. The van der Waals surface area contributed by atoms with Gasteiger partial charge in [0.25, 0.3) is 0 Å². The smallest absolute Gasteiger partial charge is 0.223 e. The topological polar surface area (TPSA) is 47.4 Å². The molecule has 18 heavy (non-hydrogen) atoms. The molecule has 0 unspecified atom stereocenters. The average Bonchev–Trinajstić information content (AvgIpc) is 2.95. The zero-order valence-corrected chi connectivity index (χ0v) is 10.8. The zero-order chi connectivity index (χ0) is 12.5. The van der Waals surface area contributed by atoms with E-state index in [0.29, 0.717) is 18.9 Å². The second kappa shape index (κ2) is 4.72. The minimum absolute atomic E-state index is 0.260. The summed E-state index contributed by atoms with van der Waals surface area (Å²) in [6.45, 7) is 5.84. The Morgan fingerprint density at radius 2 is 2.44 bits per heavy atom. The number of aromatic nitrogens is 2. The highest BCUT2D eigenvalue weighted by molar-refractivity contribution is 5.76. The van der Waals surface area contributed by atoms with E-state index < -0.39 is 0 Å². The maximum absolute atomic E-state index is 12.2. The van der Waals surface area contributed by atoms with E-state index in [1.165, 1.54) is 0 Å². The van der Waals surface area contributed by atoms with E-state index in [4.69, 9.17) is 4.74 Å². The maximum atomic E-state index is 12.2. The van der Waals surface area contributed by atoms with Crippen LogP contribution in [0, 0.1) is 12.8 Å². The lowest BCUT2D eigenvalue weighted by Crippen LogP contribution is -2.39. The Hall–Kier alpha value is -1.36. The molecule has 0 spiro atoms. The molecule has 1 amide bonds. The Labute approximate surface area is 107 Å². The summed E-state index contributed by atoms with van der Waals surface area (Å²) in [4.78, 5) is 14.2. The van der Waals surface area contributed by atoms with Gasteiger partial charge in [0.2, 0.25) is 5.91 Å². The summed E-state index contributed by atoms with van der Waals surface area (Å²) in [6.07, 6.45) is 1.66. The molecule has 3 rings (SSSR count).